The van der Waals surface area contributed by atoms with Crippen LogP contribution in [-0.2, 0) is 4.79 Å². The highest BCUT2D eigenvalue weighted by atomic mass is 16.6. The molecule has 2 N–H and O–H groups in total. The molecule has 0 aliphatic heterocycles. The van der Waals surface area contributed by atoms with E-state index in [1.807, 2.05) is 0 Å². The van der Waals surface area contributed by atoms with E-state index in [-0.39, 0.29) is 17.7 Å². The summed E-state index contributed by atoms with van der Waals surface area (Å²) in [7, 11) is 0. The van der Waals surface area contributed by atoms with Gasteiger partial charge in [0, 0.05) is 24.1 Å². The fourth-order valence-corrected chi connectivity index (χ4v) is 1.56. The summed E-state index contributed by atoms with van der Waals surface area (Å²) in [6.45, 7) is 1.60. The molecule has 0 fully saturated rings. The maximum absolute atomic E-state index is 11.9. The fraction of sp³-hybridized carbons (Fsp3) is 0.231. The predicted octanol–water partition coefficient (Wildman–Crippen LogP) is 1.11. The molecule has 0 saturated heterocycles. The van der Waals surface area contributed by atoms with E-state index in [4.69, 9.17) is 11.5 Å². The van der Waals surface area contributed by atoms with E-state index in [1.165, 1.54) is 12.1 Å². The van der Waals surface area contributed by atoms with Crippen molar-refractivity contribution in [2.24, 2.45) is 0 Å². The lowest BCUT2D eigenvalue weighted by Gasteiger charge is -2.12. The Morgan fingerprint density at radius 2 is 2.15 bits per heavy atom. The molecule has 1 aromatic rings. The van der Waals surface area contributed by atoms with Gasteiger partial charge in [0.15, 0.2) is 0 Å². The number of nitro groups is 1. The van der Waals surface area contributed by atoms with Crippen LogP contribution in [0.4, 0.5) is 5.69 Å². The number of nitro benzene ring substituents is 1. The number of amides is 1. The minimum atomic E-state index is -1.27. The van der Waals surface area contributed by atoms with Gasteiger partial charge in [-0.05, 0) is 18.6 Å². The van der Waals surface area contributed by atoms with Gasteiger partial charge in [-0.15, -0.1) is 12.3 Å². The summed E-state index contributed by atoms with van der Waals surface area (Å²) in [4.78, 5) is 32.9. The number of terminal acetylenes is 1. The maximum atomic E-state index is 11.9. The van der Waals surface area contributed by atoms with Crippen LogP contribution in [0.3, 0.4) is 0 Å². The summed E-state index contributed by atoms with van der Waals surface area (Å²) in [5, 5.41) is 21.8. The van der Waals surface area contributed by atoms with Gasteiger partial charge in [0.2, 0.25) is 0 Å². The number of aliphatic carboxylic acids is 1. The van der Waals surface area contributed by atoms with Crippen molar-refractivity contribution in [3.05, 3.63) is 39.4 Å². The lowest BCUT2D eigenvalue weighted by Crippen LogP contribution is -2.40. The summed E-state index contributed by atoms with van der Waals surface area (Å²) >= 11 is 0. The molecule has 0 radical (unpaired) electrons. The summed E-state index contributed by atoms with van der Waals surface area (Å²) in [5.41, 5.74) is 0.298. The molecule has 1 unspecified atom stereocenters. The van der Waals surface area contributed by atoms with Gasteiger partial charge in [0.25, 0.3) is 11.6 Å². The quantitative estimate of drug-likeness (QED) is 0.475. The molecule has 0 aliphatic rings. The first kappa shape index (κ1) is 15.2. The van der Waals surface area contributed by atoms with Gasteiger partial charge in [0.1, 0.15) is 6.04 Å². The Hall–Kier alpha value is -2.88. The molecule has 0 spiro atoms. The fourth-order valence-electron chi connectivity index (χ4n) is 1.56. The van der Waals surface area contributed by atoms with Crippen LogP contribution in [0, 0.1) is 29.4 Å². The Morgan fingerprint density at radius 3 is 2.65 bits per heavy atom. The molecule has 0 saturated carbocycles. The number of benzene rings is 1. The van der Waals surface area contributed by atoms with Crippen molar-refractivity contribution in [3.63, 3.8) is 0 Å². The number of nitrogens with one attached hydrogen (secondary N) is 1. The minimum Gasteiger partial charge on any atom is -0.480 e. The third kappa shape index (κ3) is 3.81. The van der Waals surface area contributed by atoms with Crippen molar-refractivity contribution in [1.82, 2.24) is 5.32 Å². The Kier molecular flexibility index (Phi) is 4.81. The Labute approximate surface area is 114 Å². The van der Waals surface area contributed by atoms with E-state index in [0.29, 0.717) is 5.56 Å². The maximum Gasteiger partial charge on any atom is 0.327 e. The molecule has 0 aromatic heterocycles. The van der Waals surface area contributed by atoms with E-state index < -0.39 is 22.8 Å². The molecule has 1 rings (SSSR count). The number of rotatable bonds is 5. The average molecular weight is 276 g/mol. The monoisotopic (exact) mass is 276 g/mol. The SMILES string of the molecule is C#CCC(NC(=O)c1cc(C)cc([N+](=O)[O-])c1)C(=O)O. The number of aryl methyl sites for hydroxylation is 1. The number of carboxylic acid groups (broad SMARTS) is 1. The molecule has 1 aromatic carbocycles. The second-order valence-electron chi connectivity index (χ2n) is 4.09. The third-order valence-corrected chi connectivity index (χ3v) is 2.46. The number of hydrogen-bond acceptors (Lipinski definition) is 4. The number of hydrogen-bond donors (Lipinski definition) is 2. The van der Waals surface area contributed by atoms with E-state index >= 15 is 0 Å². The van der Waals surface area contributed by atoms with Crippen LogP contribution in [0.15, 0.2) is 18.2 Å². The summed E-state index contributed by atoms with van der Waals surface area (Å²) in [6, 6.07) is 2.59. The number of carboxylic acids is 1. The van der Waals surface area contributed by atoms with Gasteiger partial charge < -0.3 is 10.4 Å². The number of non-ortho nitro benzene ring substituents is 1. The molecular formula is C13H12N2O5. The van der Waals surface area contributed by atoms with Crippen LogP contribution in [-0.4, -0.2) is 27.9 Å². The average Bonchev–Trinajstić information content (AvgIpc) is 2.37. The molecule has 7 heteroatoms. The Bertz CT molecular complexity index is 603. The zero-order chi connectivity index (χ0) is 15.3. The van der Waals surface area contributed by atoms with Crippen LogP contribution in [0.5, 0.6) is 0 Å². The molecule has 7 nitrogen and oxygen atoms in total. The second kappa shape index (κ2) is 6.33. The Balaban J connectivity index is 3.00. The molecule has 1 atom stereocenters. The largest absolute Gasteiger partial charge is 0.480 e. The van der Waals surface area contributed by atoms with E-state index in [1.54, 1.807) is 6.92 Å². The van der Waals surface area contributed by atoms with Gasteiger partial charge in [-0.2, -0.15) is 0 Å². The standard InChI is InChI=1S/C13H12N2O5/c1-3-4-11(13(17)18)14-12(16)9-5-8(2)6-10(7-9)15(19)20/h1,5-7,11H,4H2,2H3,(H,14,16)(H,17,18). The van der Waals surface area contributed by atoms with Crippen LogP contribution in [0.1, 0.15) is 22.3 Å². The summed E-state index contributed by atoms with van der Waals surface area (Å²) in [5.74, 6) is 0.155. The molecule has 20 heavy (non-hydrogen) atoms. The van der Waals surface area contributed by atoms with Crippen LogP contribution in [0.2, 0.25) is 0 Å². The highest BCUT2D eigenvalue weighted by molar-refractivity contribution is 5.97. The highest BCUT2D eigenvalue weighted by Gasteiger charge is 2.21. The van der Waals surface area contributed by atoms with Crippen molar-refractivity contribution < 1.29 is 19.6 Å². The zero-order valence-corrected chi connectivity index (χ0v) is 10.6. The topological polar surface area (TPSA) is 110 Å². The molecule has 1 amide bonds. The normalized spacial score (nSPS) is 11.2. The first-order chi connectivity index (χ1) is 9.35. The van der Waals surface area contributed by atoms with E-state index in [9.17, 15) is 19.7 Å². The lowest BCUT2D eigenvalue weighted by atomic mass is 10.1. The predicted molar refractivity (Wildman–Crippen MR) is 70.2 cm³/mol. The molecular weight excluding hydrogens is 264 g/mol. The minimum absolute atomic E-state index is 0.0139. The summed E-state index contributed by atoms with van der Waals surface area (Å²) < 4.78 is 0. The first-order valence-electron chi connectivity index (χ1n) is 5.58. The Morgan fingerprint density at radius 1 is 1.50 bits per heavy atom. The van der Waals surface area contributed by atoms with Gasteiger partial charge in [-0.3, -0.25) is 14.9 Å². The third-order valence-electron chi connectivity index (χ3n) is 2.46. The second-order valence-corrected chi connectivity index (χ2v) is 4.09. The number of carbonyl (C=O) groups excluding carboxylic acids is 1. The van der Waals surface area contributed by atoms with Crippen molar-refractivity contribution in [1.29, 1.82) is 0 Å². The van der Waals surface area contributed by atoms with Crippen LogP contribution >= 0.6 is 0 Å². The van der Waals surface area contributed by atoms with E-state index in [0.717, 1.165) is 6.07 Å². The molecule has 0 heterocycles. The molecule has 0 bridgehead atoms. The van der Waals surface area contributed by atoms with Gasteiger partial charge >= 0.3 is 5.97 Å². The van der Waals surface area contributed by atoms with Crippen molar-refractivity contribution in [3.8, 4) is 12.3 Å². The first-order valence-corrected chi connectivity index (χ1v) is 5.58. The smallest absolute Gasteiger partial charge is 0.327 e. The van der Waals surface area contributed by atoms with Gasteiger partial charge in [-0.25, -0.2) is 4.79 Å². The molecule has 104 valence electrons. The van der Waals surface area contributed by atoms with Crippen LogP contribution < -0.4 is 5.32 Å². The zero-order valence-electron chi connectivity index (χ0n) is 10.6. The van der Waals surface area contributed by atoms with Crippen molar-refractivity contribution in [2.75, 3.05) is 0 Å². The summed E-state index contributed by atoms with van der Waals surface area (Å²) in [6.07, 6.45) is 4.84. The van der Waals surface area contributed by atoms with Crippen molar-refractivity contribution >= 4 is 17.6 Å². The van der Waals surface area contributed by atoms with Gasteiger partial charge in [-0.1, -0.05) is 0 Å². The highest BCUT2D eigenvalue weighted by Crippen LogP contribution is 2.16. The van der Waals surface area contributed by atoms with Crippen LogP contribution in [0.25, 0.3) is 0 Å². The molecule has 0 aliphatic carbocycles. The number of carbonyl (C=O) groups is 2. The lowest BCUT2D eigenvalue weighted by molar-refractivity contribution is -0.384. The van der Waals surface area contributed by atoms with Gasteiger partial charge in [0.05, 0.1) is 4.92 Å². The number of nitrogens with zero attached hydrogens (tertiary/aromatic N) is 1. The van der Waals surface area contributed by atoms with E-state index in [2.05, 4.69) is 11.2 Å². The van der Waals surface area contributed by atoms with Crippen molar-refractivity contribution in [2.45, 2.75) is 19.4 Å².